The summed E-state index contributed by atoms with van der Waals surface area (Å²) in [6.45, 7) is 3.72. The number of thiophene rings is 1. The first-order valence-electron chi connectivity index (χ1n) is 5.18. The van der Waals surface area contributed by atoms with Gasteiger partial charge in [-0.3, -0.25) is 0 Å². The second kappa shape index (κ2) is 3.65. The zero-order valence-electron chi connectivity index (χ0n) is 8.73. The molecule has 0 aliphatic heterocycles. The van der Waals surface area contributed by atoms with E-state index in [-0.39, 0.29) is 0 Å². The van der Waals surface area contributed by atoms with Crippen LogP contribution in [0.15, 0.2) is 55.2 Å². The maximum atomic E-state index is 3.72. The van der Waals surface area contributed by atoms with Crippen molar-refractivity contribution in [3.8, 4) is 0 Å². The van der Waals surface area contributed by atoms with Gasteiger partial charge in [0.1, 0.15) is 0 Å². The van der Waals surface area contributed by atoms with Crippen LogP contribution in [0, 0.1) is 0 Å². The first kappa shape index (κ1) is 9.43. The lowest BCUT2D eigenvalue weighted by Crippen LogP contribution is -1.85. The molecule has 0 atom stereocenters. The largest absolute Gasteiger partial charge is 0.362 e. The molecule has 16 heavy (non-hydrogen) atoms. The van der Waals surface area contributed by atoms with Crippen LogP contribution >= 0.6 is 11.3 Å². The van der Waals surface area contributed by atoms with E-state index in [9.17, 15) is 0 Å². The van der Waals surface area contributed by atoms with Gasteiger partial charge in [-0.05, 0) is 24.4 Å². The highest BCUT2D eigenvalue weighted by atomic mass is 32.1. The zero-order valence-corrected chi connectivity index (χ0v) is 9.55. The predicted octanol–water partition coefficient (Wildman–Crippen LogP) is 4.61. The highest BCUT2D eigenvalue weighted by Crippen LogP contribution is 2.37. The third kappa shape index (κ3) is 1.31. The zero-order chi connectivity index (χ0) is 11.0. The molecule has 3 aromatic rings. The minimum Gasteiger partial charge on any atom is -0.362 e. The van der Waals surface area contributed by atoms with Gasteiger partial charge in [0, 0.05) is 25.9 Å². The fourth-order valence-electron chi connectivity index (χ4n) is 2.00. The molecule has 0 aliphatic rings. The third-order valence-corrected chi connectivity index (χ3v) is 3.80. The number of rotatable bonds is 2. The van der Waals surface area contributed by atoms with E-state index >= 15 is 0 Å². The summed E-state index contributed by atoms with van der Waals surface area (Å²) in [5.74, 6) is 0. The van der Waals surface area contributed by atoms with Gasteiger partial charge in [0.2, 0.25) is 0 Å². The van der Waals surface area contributed by atoms with Crippen LogP contribution in [0.3, 0.4) is 0 Å². The summed E-state index contributed by atoms with van der Waals surface area (Å²) < 4.78 is 2.64. The highest BCUT2D eigenvalue weighted by Gasteiger charge is 2.07. The van der Waals surface area contributed by atoms with E-state index in [2.05, 4.69) is 54.4 Å². The molecular formula is C14H11NS. The molecular weight excluding hydrogens is 214 g/mol. The van der Waals surface area contributed by atoms with Crippen LogP contribution < -0.4 is 5.32 Å². The number of nitrogens with one attached hydrogen (secondary N) is 1. The van der Waals surface area contributed by atoms with Gasteiger partial charge in [-0.15, -0.1) is 11.3 Å². The van der Waals surface area contributed by atoms with Gasteiger partial charge in [0.15, 0.2) is 0 Å². The maximum Gasteiger partial charge on any atom is 0.0474 e. The fraction of sp³-hybridized carbons (Fsp3) is 0. The van der Waals surface area contributed by atoms with Crippen molar-refractivity contribution < 1.29 is 0 Å². The average molecular weight is 225 g/mol. The molecule has 1 nitrogen and oxygen atoms in total. The van der Waals surface area contributed by atoms with Crippen molar-refractivity contribution in [3.63, 3.8) is 0 Å². The van der Waals surface area contributed by atoms with Gasteiger partial charge < -0.3 is 5.32 Å². The Balaban J connectivity index is 2.47. The fourth-order valence-corrected chi connectivity index (χ4v) is 3.14. The van der Waals surface area contributed by atoms with E-state index in [0.29, 0.717) is 0 Å². The summed E-state index contributed by atoms with van der Waals surface area (Å²) in [5.41, 5.74) is 1.13. The summed E-state index contributed by atoms with van der Waals surface area (Å²) in [4.78, 5) is 0. The molecule has 0 saturated carbocycles. The Labute approximate surface area is 98.0 Å². The molecule has 1 aromatic heterocycles. The standard InChI is InChI=1S/C14H11NS/c1-2-15-11-7-5-9-13-14(11)10-6-3-4-8-12(10)16-13/h2-9,15H,1H2. The summed E-state index contributed by atoms with van der Waals surface area (Å²) >= 11 is 1.83. The molecule has 78 valence electrons. The van der Waals surface area contributed by atoms with Gasteiger partial charge in [-0.25, -0.2) is 0 Å². The van der Waals surface area contributed by atoms with Gasteiger partial charge in [-0.1, -0.05) is 30.8 Å². The Hall–Kier alpha value is -1.80. The van der Waals surface area contributed by atoms with Crippen LogP contribution in [0.25, 0.3) is 20.2 Å². The molecule has 0 amide bonds. The number of anilines is 1. The quantitative estimate of drug-likeness (QED) is 0.671. The van der Waals surface area contributed by atoms with Crippen molar-refractivity contribution in [1.29, 1.82) is 0 Å². The Bertz CT molecular complexity index is 667. The van der Waals surface area contributed by atoms with Crippen molar-refractivity contribution in [1.82, 2.24) is 0 Å². The molecule has 0 fully saturated rings. The van der Waals surface area contributed by atoms with Crippen molar-refractivity contribution in [2.75, 3.05) is 5.32 Å². The van der Waals surface area contributed by atoms with E-state index in [4.69, 9.17) is 0 Å². The molecule has 0 radical (unpaired) electrons. The number of hydrogen-bond donors (Lipinski definition) is 1. The smallest absolute Gasteiger partial charge is 0.0474 e. The Kier molecular flexibility index (Phi) is 2.15. The van der Waals surface area contributed by atoms with Gasteiger partial charge in [0.05, 0.1) is 0 Å². The summed E-state index contributed by atoms with van der Waals surface area (Å²) in [6.07, 6.45) is 1.72. The van der Waals surface area contributed by atoms with Crippen molar-refractivity contribution in [3.05, 3.63) is 55.2 Å². The molecule has 0 unspecified atom stereocenters. The van der Waals surface area contributed by atoms with Crippen LogP contribution in [0.2, 0.25) is 0 Å². The molecule has 3 rings (SSSR count). The molecule has 2 heteroatoms. The molecule has 0 aliphatic carbocycles. The topological polar surface area (TPSA) is 12.0 Å². The van der Waals surface area contributed by atoms with Crippen LogP contribution in [0.1, 0.15) is 0 Å². The lowest BCUT2D eigenvalue weighted by molar-refractivity contribution is 1.66. The van der Waals surface area contributed by atoms with Crippen LogP contribution in [0.4, 0.5) is 5.69 Å². The van der Waals surface area contributed by atoms with Crippen molar-refractivity contribution in [2.45, 2.75) is 0 Å². The molecule has 1 heterocycles. The molecule has 2 aromatic carbocycles. The molecule has 0 saturated heterocycles. The van der Waals surface area contributed by atoms with Crippen LogP contribution in [-0.2, 0) is 0 Å². The number of benzene rings is 2. The second-order valence-electron chi connectivity index (χ2n) is 3.63. The monoisotopic (exact) mass is 225 g/mol. The van der Waals surface area contributed by atoms with E-state index in [0.717, 1.165) is 5.69 Å². The first-order valence-corrected chi connectivity index (χ1v) is 5.99. The molecule has 0 spiro atoms. The second-order valence-corrected chi connectivity index (χ2v) is 4.71. The SMILES string of the molecule is C=CNc1cccc2sc3ccccc3c12. The van der Waals surface area contributed by atoms with Crippen molar-refractivity contribution in [2.24, 2.45) is 0 Å². The highest BCUT2D eigenvalue weighted by molar-refractivity contribution is 7.25. The van der Waals surface area contributed by atoms with E-state index in [1.165, 1.54) is 20.2 Å². The Morgan fingerprint density at radius 2 is 1.81 bits per heavy atom. The van der Waals surface area contributed by atoms with Crippen LogP contribution in [0.5, 0.6) is 0 Å². The first-order chi connectivity index (χ1) is 7.90. The maximum absolute atomic E-state index is 3.72. The van der Waals surface area contributed by atoms with E-state index in [1.807, 2.05) is 11.3 Å². The Morgan fingerprint density at radius 3 is 2.69 bits per heavy atom. The van der Waals surface area contributed by atoms with Gasteiger partial charge in [0.25, 0.3) is 0 Å². The normalized spacial score (nSPS) is 10.8. The summed E-state index contributed by atoms with van der Waals surface area (Å²) in [5, 5.41) is 5.81. The Morgan fingerprint density at radius 1 is 1.00 bits per heavy atom. The van der Waals surface area contributed by atoms with E-state index in [1.54, 1.807) is 6.20 Å². The number of hydrogen-bond acceptors (Lipinski definition) is 2. The lowest BCUT2D eigenvalue weighted by atomic mass is 10.1. The van der Waals surface area contributed by atoms with Gasteiger partial charge in [-0.2, -0.15) is 0 Å². The summed E-state index contributed by atoms with van der Waals surface area (Å²) in [7, 11) is 0. The molecule has 0 bridgehead atoms. The summed E-state index contributed by atoms with van der Waals surface area (Å²) in [6, 6.07) is 14.8. The van der Waals surface area contributed by atoms with E-state index < -0.39 is 0 Å². The van der Waals surface area contributed by atoms with Crippen LogP contribution in [-0.4, -0.2) is 0 Å². The number of fused-ring (bicyclic) bond motifs is 3. The lowest BCUT2D eigenvalue weighted by Gasteiger charge is -2.02. The third-order valence-electron chi connectivity index (χ3n) is 2.66. The average Bonchev–Trinajstić information content (AvgIpc) is 2.68. The van der Waals surface area contributed by atoms with Crippen molar-refractivity contribution >= 4 is 37.2 Å². The predicted molar refractivity (Wildman–Crippen MR) is 73.2 cm³/mol. The minimum atomic E-state index is 1.13. The minimum absolute atomic E-state index is 1.13. The molecule has 1 N–H and O–H groups in total. The van der Waals surface area contributed by atoms with Gasteiger partial charge >= 0.3 is 0 Å².